The minimum absolute atomic E-state index is 0.684. The van der Waals surface area contributed by atoms with Crippen molar-refractivity contribution in [3.8, 4) is 0 Å². The van der Waals surface area contributed by atoms with Crippen LogP contribution in [0.25, 0.3) is 0 Å². The maximum absolute atomic E-state index is 5.72. The van der Waals surface area contributed by atoms with Crippen LogP contribution in [0.15, 0.2) is 54.6 Å². The molecule has 0 aliphatic carbocycles. The molecule has 0 radical (unpaired) electrons. The van der Waals surface area contributed by atoms with Crippen LogP contribution in [-0.4, -0.2) is 6.61 Å². The first-order valence-corrected chi connectivity index (χ1v) is 7.58. The normalized spacial score (nSPS) is 10.5. The lowest BCUT2D eigenvalue weighted by Crippen LogP contribution is -2.21. The number of rotatable bonds is 9. The van der Waals surface area contributed by atoms with Crippen LogP contribution < -0.4 is 10.9 Å². The molecule has 0 fully saturated rings. The second kappa shape index (κ2) is 9.16. The molecule has 21 heavy (non-hydrogen) atoms. The second-order valence-corrected chi connectivity index (χ2v) is 5.02. The summed E-state index contributed by atoms with van der Waals surface area (Å²) in [5.74, 6) is 0. The molecule has 0 aliphatic rings. The average molecular weight is 284 g/mol. The summed E-state index contributed by atoms with van der Waals surface area (Å²) in [4.78, 5) is 0. The van der Waals surface area contributed by atoms with Gasteiger partial charge < -0.3 is 10.2 Å². The van der Waals surface area contributed by atoms with Crippen LogP contribution >= 0.6 is 0 Å². The summed E-state index contributed by atoms with van der Waals surface area (Å²) in [5, 5.41) is 0. The van der Waals surface area contributed by atoms with Crippen molar-refractivity contribution in [3.63, 3.8) is 0 Å². The molecule has 112 valence electrons. The predicted molar refractivity (Wildman–Crippen MR) is 87.9 cm³/mol. The smallest absolute Gasteiger partial charge is 0.0720 e. The molecule has 0 unspecified atom stereocenters. The van der Waals surface area contributed by atoms with Crippen molar-refractivity contribution in [2.45, 2.75) is 32.9 Å². The first kappa shape index (κ1) is 15.5. The Hall–Kier alpha value is -1.84. The maximum atomic E-state index is 5.72. The molecular formula is C18H24N2O. The third kappa shape index (κ3) is 5.58. The van der Waals surface area contributed by atoms with Crippen molar-refractivity contribution >= 4 is 5.69 Å². The van der Waals surface area contributed by atoms with Crippen LogP contribution in [0.5, 0.6) is 0 Å². The summed E-state index contributed by atoms with van der Waals surface area (Å²) in [6.07, 6.45) is 2.29. The zero-order valence-electron chi connectivity index (χ0n) is 12.6. The van der Waals surface area contributed by atoms with Crippen LogP contribution in [-0.2, 0) is 17.9 Å². The average Bonchev–Trinajstić information content (AvgIpc) is 2.54. The molecule has 3 heteroatoms. The molecule has 0 bridgehead atoms. The van der Waals surface area contributed by atoms with Crippen molar-refractivity contribution in [2.75, 3.05) is 12.0 Å². The van der Waals surface area contributed by atoms with Gasteiger partial charge in [0.2, 0.25) is 0 Å². The van der Waals surface area contributed by atoms with Gasteiger partial charge in [-0.2, -0.15) is 0 Å². The lowest BCUT2D eigenvalue weighted by Gasteiger charge is -2.12. The molecule has 3 nitrogen and oxygen atoms in total. The van der Waals surface area contributed by atoms with Crippen LogP contribution in [0.2, 0.25) is 0 Å². The number of benzene rings is 2. The van der Waals surface area contributed by atoms with E-state index in [1.165, 1.54) is 17.5 Å². The van der Waals surface area contributed by atoms with E-state index >= 15 is 0 Å². The quantitative estimate of drug-likeness (QED) is 0.537. The van der Waals surface area contributed by atoms with Gasteiger partial charge >= 0.3 is 0 Å². The van der Waals surface area contributed by atoms with E-state index in [0.29, 0.717) is 6.61 Å². The number of hydrazine groups is 1. The van der Waals surface area contributed by atoms with Crippen molar-refractivity contribution in [1.82, 2.24) is 5.43 Å². The Morgan fingerprint density at radius 1 is 0.905 bits per heavy atom. The van der Waals surface area contributed by atoms with Gasteiger partial charge in [0.05, 0.1) is 6.61 Å². The van der Waals surface area contributed by atoms with E-state index < -0.39 is 0 Å². The Morgan fingerprint density at radius 2 is 1.62 bits per heavy atom. The van der Waals surface area contributed by atoms with Crippen molar-refractivity contribution < 1.29 is 4.74 Å². The second-order valence-electron chi connectivity index (χ2n) is 5.02. The van der Waals surface area contributed by atoms with Crippen LogP contribution in [0.1, 0.15) is 30.9 Å². The lowest BCUT2D eigenvalue weighted by atomic mass is 10.1. The van der Waals surface area contributed by atoms with E-state index in [9.17, 15) is 0 Å². The topological polar surface area (TPSA) is 33.3 Å². The molecule has 0 heterocycles. The Bertz CT molecular complexity index is 514. The number of hydrogen-bond donors (Lipinski definition) is 2. The molecule has 2 aromatic rings. The zero-order valence-corrected chi connectivity index (χ0v) is 12.6. The molecule has 0 atom stereocenters. The SMILES string of the molecule is CCCCOCc1ccccc1CNNc1ccccc1. The molecule has 2 N–H and O–H groups in total. The molecule has 0 saturated heterocycles. The molecule has 0 aromatic heterocycles. The van der Waals surface area contributed by atoms with Crippen LogP contribution in [0.3, 0.4) is 0 Å². The van der Waals surface area contributed by atoms with E-state index in [1.54, 1.807) is 0 Å². The minimum atomic E-state index is 0.684. The van der Waals surface area contributed by atoms with Gasteiger partial charge in [0.1, 0.15) is 0 Å². The molecule has 0 amide bonds. The molecular weight excluding hydrogens is 260 g/mol. The molecule has 0 spiro atoms. The standard InChI is InChI=1S/C18H24N2O/c1-2-3-13-21-15-17-10-8-7-9-16(17)14-19-20-18-11-5-4-6-12-18/h4-12,19-20H,2-3,13-15H2,1H3. The Labute approximate surface area is 127 Å². The first-order valence-electron chi connectivity index (χ1n) is 7.58. The highest BCUT2D eigenvalue weighted by atomic mass is 16.5. The first-order chi connectivity index (χ1) is 10.4. The fourth-order valence-corrected chi connectivity index (χ4v) is 2.06. The van der Waals surface area contributed by atoms with E-state index in [-0.39, 0.29) is 0 Å². The summed E-state index contributed by atoms with van der Waals surface area (Å²) in [6, 6.07) is 18.5. The number of nitrogens with one attached hydrogen (secondary N) is 2. The molecule has 2 aromatic carbocycles. The highest BCUT2D eigenvalue weighted by molar-refractivity contribution is 5.41. The Morgan fingerprint density at radius 3 is 2.38 bits per heavy atom. The number of para-hydroxylation sites is 1. The number of unbranched alkanes of at least 4 members (excludes halogenated alkanes) is 1. The van der Waals surface area contributed by atoms with E-state index in [1.807, 2.05) is 30.3 Å². The third-order valence-electron chi connectivity index (χ3n) is 3.30. The van der Waals surface area contributed by atoms with Gasteiger partial charge in [0.25, 0.3) is 0 Å². The lowest BCUT2D eigenvalue weighted by molar-refractivity contribution is 0.117. The highest BCUT2D eigenvalue weighted by Crippen LogP contribution is 2.11. The molecule has 0 aliphatic heterocycles. The Kier molecular flexibility index (Phi) is 6.78. The predicted octanol–water partition coefficient (Wildman–Crippen LogP) is 4.12. The summed E-state index contributed by atoms with van der Waals surface area (Å²) in [7, 11) is 0. The molecule has 2 rings (SSSR count). The van der Waals surface area contributed by atoms with Gasteiger partial charge in [-0.3, -0.25) is 0 Å². The summed E-state index contributed by atoms with van der Waals surface area (Å²) in [6.45, 7) is 4.46. The van der Waals surface area contributed by atoms with Crippen LogP contribution in [0.4, 0.5) is 5.69 Å². The van der Waals surface area contributed by atoms with Crippen molar-refractivity contribution in [1.29, 1.82) is 0 Å². The largest absolute Gasteiger partial charge is 0.377 e. The van der Waals surface area contributed by atoms with Gasteiger partial charge in [0, 0.05) is 18.8 Å². The van der Waals surface area contributed by atoms with E-state index in [2.05, 4.69) is 42.0 Å². The number of ether oxygens (including phenoxy) is 1. The third-order valence-corrected chi connectivity index (χ3v) is 3.30. The summed E-state index contributed by atoms with van der Waals surface area (Å²) in [5.41, 5.74) is 10.0. The monoisotopic (exact) mass is 284 g/mol. The van der Waals surface area contributed by atoms with Gasteiger partial charge in [-0.15, -0.1) is 0 Å². The Balaban J connectivity index is 1.82. The van der Waals surface area contributed by atoms with Crippen molar-refractivity contribution in [2.24, 2.45) is 0 Å². The summed E-state index contributed by atoms with van der Waals surface area (Å²) < 4.78 is 5.72. The summed E-state index contributed by atoms with van der Waals surface area (Å²) >= 11 is 0. The van der Waals surface area contributed by atoms with Gasteiger partial charge in [-0.25, -0.2) is 5.43 Å². The van der Waals surface area contributed by atoms with E-state index in [0.717, 1.165) is 25.3 Å². The van der Waals surface area contributed by atoms with Crippen LogP contribution in [0, 0.1) is 0 Å². The van der Waals surface area contributed by atoms with Gasteiger partial charge in [-0.05, 0) is 29.7 Å². The maximum Gasteiger partial charge on any atom is 0.0720 e. The fraction of sp³-hybridized carbons (Fsp3) is 0.333. The van der Waals surface area contributed by atoms with Gasteiger partial charge in [-0.1, -0.05) is 55.8 Å². The van der Waals surface area contributed by atoms with Crippen molar-refractivity contribution in [3.05, 3.63) is 65.7 Å². The minimum Gasteiger partial charge on any atom is -0.377 e. The highest BCUT2D eigenvalue weighted by Gasteiger charge is 2.01. The van der Waals surface area contributed by atoms with E-state index in [4.69, 9.17) is 4.74 Å². The van der Waals surface area contributed by atoms with Gasteiger partial charge in [0.15, 0.2) is 0 Å². The fourth-order valence-electron chi connectivity index (χ4n) is 2.06. The number of hydrogen-bond acceptors (Lipinski definition) is 3. The zero-order chi connectivity index (χ0) is 14.8. The molecule has 0 saturated carbocycles. The number of anilines is 1.